The normalized spacial score (nSPS) is 46.0. The third-order valence-corrected chi connectivity index (χ3v) is 9.69. The molecule has 8 atom stereocenters. The molecule has 1 saturated heterocycles. The van der Waals surface area contributed by atoms with Crippen LogP contribution in [0.15, 0.2) is 23.8 Å². The van der Waals surface area contributed by atoms with Crippen molar-refractivity contribution in [2.24, 2.45) is 22.7 Å². The zero-order valence-electron chi connectivity index (χ0n) is 20.4. The van der Waals surface area contributed by atoms with Crippen LogP contribution in [-0.2, 0) is 19.0 Å². The van der Waals surface area contributed by atoms with Gasteiger partial charge >= 0.3 is 5.97 Å². The van der Waals surface area contributed by atoms with Gasteiger partial charge in [0.1, 0.15) is 6.10 Å². The molecular weight excluding hydrogens is 408 g/mol. The van der Waals surface area contributed by atoms with Crippen LogP contribution in [0.2, 0.25) is 0 Å². The molecule has 32 heavy (non-hydrogen) atoms. The van der Waals surface area contributed by atoms with E-state index in [1.165, 1.54) is 24.1 Å². The first kappa shape index (κ1) is 23.9. The molecule has 180 valence electrons. The molecule has 0 spiro atoms. The summed E-state index contributed by atoms with van der Waals surface area (Å²) < 4.78 is 18.2. The number of ether oxygens (including phenoxy) is 3. The molecule has 2 bridgehead atoms. The predicted octanol–water partition coefficient (Wildman–Crippen LogP) is 3.90. The van der Waals surface area contributed by atoms with Gasteiger partial charge in [0.15, 0.2) is 11.9 Å². The monoisotopic (exact) mass is 448 g/mol. The number of esters is 1. The van der Waals surface area contributed by atoms with Crippen LogP contribution in [-0.4, -0.2) is 52.5 Å². The van der Waals surface area contributed by atoms with Crippen LogP contribution in [0.4, 0.5) is 0 Å². The molecule has 1 aliphatic heterocycles. The highest BCUT2D eigenvalue weighted by atomic mass is 16.6. The van der Waals surface area contributed by atoms with Crippen molar-refractivity contribution in [3.05, 3.63) is 23.8 Å². The average molecular weight is 449 g/mol. The number of carbonyl (C=O) groups excluding carboxylic acids is 1. The summed E-state index contributed by atoms with van der Waals surface area (Å²) in [4.78, 5) is 12.3. The minimum Gasteiger partial charge on any atom is -0.454 e. The van der Waals surface area contributed by atoms with Crippen LogP contribution < -0.4 is 0 Å². The van der Waals surface area contributed by atoms with E-state index in [-0.39, 0.29) is 35.4 Å². The van der Waals surface area contributed by atoms with Crippen molar-refractivity contribution in [3.8, 4) is 0 Å². The molecule has 3 fully saturated rings. The van der Waals surface area contributed by atoms with E-state index in [9.17, 15) is 15.0 Å². The van der Waals surface area contributed by atoms with Crippen molar-refractivity contribution in [1.29, 1.82) is 0 Å². The minimum atomic E-state index is -1.08. The van der Waals surface area contributed by atoms with E-state index < -0.39 is 22.9 Å². The van der Waals surface area contributed by atoms with Crippen LogP contribution in [0, 0.1) is 22.7 Å². The third-order valence-electron chi connectivity index (χ3n) is 9.69. The number of hydrogen-bond donors (Lipinski definition) is 2. The summed E-state index contributed by atoms with van der Waals surface area (Å²) in [6, 6.07) is 0. The number of aliphatic hydroxyl groups excluding tert-OH is 1. The standard InChI is InChI=1S/C26H40O6/c1-8-21(28)31-19-13-20-25(14-30-20,32-17(4)27)22-16(3)26(29)12-9-15(2)18(23(26,5)6)10-11-24(19,22)7/h8,16,19-22,28-29H,1,9-14H2,2-7H3/t16-,19-,20+,21+,22?,24+,25-,26+/m0/s1. The fraction of sp³-hybridized carbons (Fsp3) is 0.808. The van der Waals surface area contributed by atoms with E-state index in [4.69, 9.17) is 14.2 Å². The molecule has 6 nitrogen and oxygen atoms in total. The number of carbonyl (C=O) groups is 1. The number of rotatable bonds is 4. The van der Waals surface area contributed by atoms with Gasteiger partial charge in [-0.25, -0.2) is 0 Å². The molecule has 4 rings (SSSR count). The second-order valence-corrected chi connectivity index (χ2v) is 11.4. The van der Waals surface area contributed by atoms with Crippen molar-refractivity contribution in [2.75, 3.05) is 6.61 Å². The lowest BCUT2D eigenvalue weighted by molar-refractivity contribution is -0.352. The van der Waals surface area contributed by atoms with E-state index in [1.807, 2.05) is 0 Å². The van der Waals surface area contributed by atoms with E-state index in [0.717, 1.165) is 19.3 Å². The Kier molecular flexibility index (Phi) is 5.73. The lowest BCUT2D eigenvalue weighted by atomic mass is 9.43. The van der Waals surface area contributed by atoms with Crippen LogP contribution >= 0.6 is 0 Å². The van der Waals surface area contributed by atoms with Gasteiger partial charge in [0.25, 0.3) is 0 Å². The Bertz CT molecular complexity index is 832. The molecular formula is C26H40O6. The summed E-state index contributed by atoms with van der Waals surface area (Å²) in [6.45, 7) is 16.3. The van der Waals surface area contributed by atoms with Gasteiger partial charge in [-0.05, 0) is 44.6 Å². The first-order valence-electron chi connectivity index (χ1n) is 12.0. The summed E-state index contributed by atoms with van der Waals surface area (Å²) >= 11 is 0. The fourth-order valence-corrected chi connectivity index (χ4v) is 7.95. The van der Waals surface area contributed by atoms with Crippen LogP contribution in [0.3, 0.4) is 0 Å². The summed E-state index contributed by atoms with van der Waals surface area (Å²) in [6.07, 6.45) is 3.40. The Labute approximate surface area is 192 Å². The maximum atomic E-state index is 12.3. The molecule has 0 aromatic rings. The van der Waals surface area contributed by atoms with Crippen LogP contribution in [0.5, 0.6) is 0 Å². The van der Waals surface area contributed by atoms with Crippen LogP contribution in [0.25, 0.3) is 0 Å². The van der Waals surface area contributed by atoms with Gasteiger partial charge in [0, 0.05) is 30.1 Å². The van der Waals surface area contributed by atoms with E-state index >= 15 is 0 Å². The van der Waals surface area contributed by atoms with Gasteiger partial charge in [-0.2, -0.15) is 0 Å². The molecule has 1 unspecified atom stereocenters. The second-order valence-electron chi connectivity index (χ2n) is 11.4. The summed E-state index contributed by atoms with van der Waals surface area (Å²) in [5.41, 5.74) is 0.121. The van der Waals surface area contributed by atoms with Gasteiger partial charge in [-0.15, -0.1) is 0 Å². The quantitative estimate of drug-likeness (QED) is 0.385. The molecule has 0 aromatic carbocycles. The SMILES string of the molecule is C=C[C@H](O)O[C@H]1C[C@H]2OC[C@@]2(OC(C)=O)C2[C@H](C)[C@]3(O)CCC(C)=C(CC[C@@]21C)C3(C)C. The molecule has 2 saturated carbocycles. The van der Waals surface area contributed by atoms with Gasteiger partial charge < -0.3 is 24.4 Å². The van der Waals surface area contributed by atoms with Crippen LogP contribution in [0.1, 0.15) is 73.6 Å². The molecule has 3 aliphatic carbocycles. The molecule has 4 aliphatic rings. The van der Waals surface area contributed by atoms with Crippen molar-refractivity contribution in [2.45, 2.75) is 103 Å². The Morgan fingerprint density at radius 2 is 1.97 bits per heavy atom. The minimum absolute atomic E-state index is 0.177. The molecule has 2 N–H and O–H groups in total. The van der Waals surface area contributed by atoms with Gasteiger partial charge in [0.2, 0.25) is 0 Å². The lowest BCUT2D eigenvalue weighted by Gasteiger charge is -2.68. The molecule has 6 heteroatoms. The topological polar surface area (TPSA) is 85.2 Å². The first-order chi connectivity index (χ1) is 14.8. The van der Waals surface area contributed by atoms with Gasteiger partial charge in [-0.3, -0.25) is 4.79 Å². The molecule has 1 heterocycles. The van der Waals surface area contributed by atoms with Crippen molar-refractivity contribution in [3.63, 3.8) is 0 Å². The largest absolute Gasteiger partial charge is 0.454 e. The highest BCUT2D eigenvalue weighted by Gasteiger charge is 2.72. The highest BCUT2D eigenvalue weighted by Crippen LogP contribution is 2.66. The predicted molar refractivity (Wildman–Crippen MR) is 121 cm³/mol. The highest BCUT2D eigenvalue weighted by molar-refractivity contribution is 5.67. The molecule has 0 amide bonds. The molecule has 0 radical (unpaired) electrons. The number of fused-ring (bicyclic) bond motifs is 5. The van der Waals surface area contributed by atoms with Gasteiger partial charge in [-0.1, -0.05) is 45.4 Å². The number of aliphatic hydroxyl groups is 2. The molecule has 0 aromatic heterocycles. The zero-order valence-corrected chi connectivity index (χ0v) is 20.4. The average Bonchev–Trinajstić information content (AvgIpc) is 2.70. The zero-order chi connectivity index (χ0) is 23.7. The summed E-state index contributed by atoms with van der Waals surface area (Å²) in [5.74, 6) is -0.687. The summed E-state index contributed by atoms with van der Waals surface area (Å²) in [5, 5.41) is 22.6. The smallest absolute Gasteiger partial charge is 0.303 e. The fourth-order valence-electron chi connectivity index (χ4n) is 7.95. The van der Waals surface area contributed by atoms with Gasteiger partial charge in [0.05, 0.1) is 18.3 Å². The Morgan fingerprint density at radius 3 is 2.53 bits per heavy atom. The number of allylic oxidation sites excluding steroid dienone is 1. The second kappa shape index (κ2) is 7.66. The number of hydrogen-bond acceptors (Lipinski definition) is 6. The Hall–Kier alpha value is -1.21. The Balaban J connectivity index is 1.89. The maximum absolute atomic E-state index is 12.3. The maximum Gasteiger partial charge on any atom is 0.303 e. The Morgan fingerprint density at radius 1 is 1.28 bits per heavy atom. The lowest BCUT2D eigenvalue weighted by Crippen LogP contribution is -2.77. The van der Waals surface area contributed by atoms with Crippen molar-refractivity contribution < 1.29 is 29.2 Å². The summed E-state index contributed by atoms with van der Waals surface area (Å²) in [7, 11) is 0. The van der Waals surface area contributed by atoms with Crippen molar-refractivity contribution >= 4 is 5.97 Å². The van der Waals surface area contributed by atoms with E-state index in [2.05, 4.69) is 41.2 Å². The third kappa shape index (κ3) is 3.09. The first-order valence-corrected chi connectivity index (χ1v) is 12.0. The van der Waals surface area contributed by atoms with E-state index in [1.54, 1.807) is 0 Å². The van der Waals surface area contributed by atoms with Crippen molar-refractivity contribution in [1.82, 2.24) is 0 Å². The van der Waals surface area contributed by atoms with E-state index in [0.29, 0.717) is 19.4 Å².